The third-order valence-corrected chi connectivity index (χ3v) is 5.70. The summed E-state index contributed by atoms with van der Waals surface area (Å²) in [7, 11) is 1.32. The van der Waals surface area contributed by atoms with Gasteiger partial charge in [0.2, 0.25) is 0 Å². The number of ether oxygens (including phenoxy) is 1. The Labute approximate surface area is 182 Å². The zero-order chi connectivity index (χ0) is 22.4. The lowest BCUT2D eigenvalue weighted by Gasteiger charge is -2.19. The molecule has 0 saturated carbocycles. The molecule has 1 atom stereocenters. The number of benzene rings is 2. The average Bonchev–Trinajstić information content (AvgIpc) is 2.79. The maximum atomic E-state index is 12.8. The van der Waals surface area contributed by atoms with Crippen molar-refractivity contribution in [2.45, 2.75) is 39.0 Å². The van der Waals surface area contributed by atoms with E-state index in [4.69, 9.17) is 4.74 Å². The highest BCUT2D eigenvalue weighted by atomic mass is 16.5. The summed E-state index contributed by atoms with van der Waals surface area (Å²) in [5.74, 6) is -1.27. The zero-order valence-corrected chi connectivity index (χ0v) is 17.9. The number of esters is 1. The predicted molar refractivity (Wildman–Crippen MR) is 117 cm³/mol. The third kappa shape index (κ3) is 5.23. The number of hydrogen-bond donors (Lipinski definition) is 0. The molecule has 2 aromatic carbocycles. The number of Topliss-reactive ketones (excluding diaryl/α,β-unsaturated/α-hetero) is 3. The molecule has 1 aliphatic carbocycles. The number of fused-ring (bicyclic) bond motifs is 1. The van der Waals surface area contributed by atoms with Gasteiger partial charge in [0, 0.05) is 35.1 Å². The largest absolute Gasteiger partial charge is 0.469 e. The van der Waals surface area contributed by atoms with E-state index in [0.29, 0.717) is 41.5 Å². The second-order valence-corrected chi connectivity index (χ2v) is 7.81. The third-order valence-electron chi connectivity index (χ3n) is 5.70. The second kappa shape index (κ2) is 10.1. The van der Waals surface area contributed by atoms with Gasteiger partial charge in [0.25, 0.3) is 0 Å². The first kappa shape index (κ1) is 22.3. The van der Waals surface area contributed by atoms with Crippen LogP contribution in [0.25, 0.3) is 0 Å². The van der Waals surface area contributed by atoms with Crippen LogP contribution in [0.2, 0.25) is 0 Å². The number of allylic oxidation sites excluding steroid dienone is 2. The maximum absolute atomic E-state index is 12.8. The van der Waals surface area contributed by atoms with Gasteiger partial charge >= 0.3 is 5.97 Å². The summed E-state index contributed by atoms with van der Waals surface area (Å²) in [5, 5.41) is 0. The van der Waals surface area contributed by atoms with Crippen LogP contribution in [0.1, 0.15) is 58.9 Å². The highest BCUT2D eigenvalue weighted by Gasteiger charge is 2.29. The van der Waals surface area contributed by atoms with Crippen LogP contribution in [0.15, 0.2) is 65.7 Å². The summed E-state index contributed by atoms with van der Waals surface area (Å²) in [6.07, 6.45) is 1.58. The fourth-order valence-corrected chi connectivity index (χ4v) is 4.00. The van der Waals surface area contributed by atoms with Crippen molar-refractivity contribution in [3.05, 3.63) is 82.4 Å². The smallest absolute Gasteiger partial charge is 0.309 e. The van der Waals surface area contributed by atoms with Gasteiger partial charge in [-0.15, -0.1) is 0 Å². The molecule has 0 radical (unpaired) electrons. The molecule has 31 heavy (non-hydrogen) atoms. The molecule has 3 rings (SSSR count). The molecule has 160 valence electrons. The number of ketones is 3. The molecule has 0 heterocycles. The van der Waals surface area contributed by atoms with Gasteiger partial charge in [0.05, 0.1) is 13.0 Å². The summed E-state index contributed by atoms with van der Waals surface area (Å²) in [6.45, 7) is 1.67. The Kier molecular flexibility index (Phi) is 7.29. The first-order valence-corrected chi connectivity index (χ1v) is 10.4. The van der Waals surface area contributed by atoms with Gasteiger partial charge in [-0.1, -0.05) is 54.6 Å². The molecule has 5 heteroatoms. The van der Waals surface area contributed by atoms with Gasteiger partial charge in [-0.2, -0.15) is 0 Å². The molecular weight excluding hydrogens is 392 g/mol. The van der Waals surface area contributed by atoms with Crippen molar-refractivity contribution in [2.75, 3.05) is 7.11 Å². The SMILES string of the molecule is COC(=O)[C@@H](CC(=O)CCCC1=C(C)C(=O)c2ccccc2C1=O)Cc1ccccc1. The number of methoxy groups -OCH3 is 1. The Morgan fingerprint density at radius 1 is 0.903 bits per heavy atom. The molecule has 0 saturated heterocycles. The molecule has 0 bridgehead atoms. The molecule has 0 aliphatic heterocycles. The molecular formula is C26H26O5. The van der Waals surface area contributed by atoms with E-state index in [1.54, 1.807) is 31.2 Å². The highest BCUT2D eigenvalue weighted by molar-refractivity contribution is 6.26. The van der Waals surface area contributed by atoms with Crippen molar-refractivity contribution in [3.8, 4) is 0 Å². The second-order valence-electron chi connectivity index (χ2n) is 7.81. The maximum Gasteiger partial charge on any atom is 0.309 e. The van der Waals surface area contributed by atoms with Crippen LogP contribution < -0.4 is 0 Å². The summed E-state index contributed by atoms with van der Waals surface area (Å²) in [5.41, 5.74) is 2.76. The van der Waals surface area contributed by atoms with E-state index in [9.17, 15) is 19.2 Å². The first-order valence-electron chi connectivity index (χ1n) is 10.4. The van der Waals surface area contributed by atoms with Crippen LogP contribution in [0, 0.1) is 5.92 Å². The Morgan fingerprint density at radius 3 is 2.16 bits per heavy atom. The molecule has 1 aliphatic rings. The van der Waals surface area contributed by atoms with Crippen LogP contribution in [-0.2, 0) is 20.7 Å². The van der Waals surface area contributed by atoms with E-state index in [0.717, 1.165) is 5.56 Å². The Morgan fingerprint density at radius 2 is 1.52 bits per heavy atom. The number of rotatable bonds is 9. The molecule has 0 fully saturated rings. The highest BCUT2D eigenvalue weighted by Crippen LogP contribution is 2.29. The van der Waals surface area contributed by atoms with Gasteiger partial charge in [0.1, 0.15) is 5.78 Å². The number of carbonyl (C=O) groups excluding carboxylic acids is 4. The van der Waals surface area contributed by atoms with E-state index < -0.39 is 11.9 Å². The Hall–Kier alpha value is -3.34. The van der Waals surface area contributed by atoms with E-state index in [1.165, 1.54) is 7.11 Å². The van der Waals surface area contributed by atoms with Crippen LogP contribution in [0.5, 0.6) is 0 Å². The topological polar surface area (TPSA) is 77.5 Å². The van der Waals surface area contributed by atoms with Gasteiger partial charge in [-0.05, 0) is 31.7 Å². The Balaban J connectivity index is 1.60. The van der Waals surface area contributed by atoms with Crippen molar-refractivity contribution in [2.24, 2.45) is 5.92 Å². The molecule has 0 unspecified atom stereocenters. The summed E-state index contributed by atoms with van der Waals surface area (Å²) in [4.78, 5) is 50.1. The normalized spacial score (nSPS) is 14.3. The number of carbonyl (C=O) groups is 4. The van der Waals surface area contributed by atoms with Crippen molar-refractivity contribution in [1.82, 2.24) is 0 Å². The minimum atomic E-state index is -0.536. The van der Waals surface area contributed by atoms with E-state index in [1.807, 2.05) is 30.3 Å². The van der Waals surface area contributed by atoms with Gasteiger partial charge in [0.15, 0.2) is 11.6 Å². The lowest BCUT2D eigenvalue weighted by molar-refractivity contribution is -0.147. The fraction of sp³-hybridized carbons (Fsp3) is 0.308. The quantitative estimate of drug-likeness (QED) is 0.559. The minimum absolute atomic E-state index is 0.0560. The zero-order valence-electron chi connectivity index (χ0n) is 17.9. The van der Waals surface area contributed by atoms with E-state index >= 15 is 0 Å². The lowest BCUT2D eigenvalue weighted by atomic mass is 9.82. The van der Waals surface area contributed by atoms with Crippen LogP contribution >= 0.6 is 0 Å². The van der Waals surface area contributed by atoms with Crippen LogP contribution in [0.4, 0.5) is 0 Å². The monoisotopic (exact) mass is 418 g/mol. The fourth-order valence-electron chi connectivity index (χ4n) is 4.00. The van der Waals surface area contributed by atoms with Crippen LogP contribution in [0.3, 0.4) is 0 Å². The van der Waals surface area contributed by atoms with Crippen molar-refractivity contribution in [1.29, 1.82) is 0 Å². The summed E-state index contributed by atoms with van der Waals surface area (Å²) in [6, 6.07) is 16.3. The van der Waals surface area contributed by atoms with Gasteiger partial charge in [-0.25, -0.2) is 0 Å². The first-order chi connectivity index (χ1) is 14.9. The van der Waals surface area contributed by atoms with Crippen molar-refractivity contribution < 1.29 is 23.9 Å². The lowest BCUT2D eigenvalue weighted by Crippen LogP contribution is -2.22. The average molecular weight is 418 g/mol. The molecule has 5 nitrogen and oxygen atoms in total. The molecule has 0 N–H and O–H groups in total. The van der Waals surface area contributed by atoms with Crippen molar-refractivity contribution in [3.63, 3.8) is 0 Å². The van der Waals surface area contributed by atoms with E-state index in [2.05, 4.69) is 0 Å². The molecule has 0 aromatic heterocycles. The van der Waals surface area contributed by atoms with Crippen LogP contribution in [-0.4, -0.2) is 30.4 Å². The van der Waals surface area contributed by atoms with E-state index in [-0.39, 0.29) is 30.2 Å². The van der Waals surface area contributed by atoms with Gasteiger partial charge < -0.3 is 4.74 Å². The van der Waals surface area contributed by atoms with Gasteiger partial charge in [-0.3, -0.25) is 19.2 Å². The minimum Gasteiger partial charge on any atom is -0.469 e. The predicted octanol–water partition coefficient (Wildman–Crippen LogP) is 4.54. The van der Waals surface area contributed by atoms with Crippen molar-refractivity contribution >= 4 is 23.3 Å². The standard InChI is InChI=1S/C26H26O5/c1-17-21(25(29)23-13-7-6-12-22(23)24(17)28)14-8-11-20(27)16-19(26(30)31-2)15-18-9-4-3-5-10-18/h3-7,9-10,12-13,19H,8,11,14-16H2,1-2H3/t19-/m1/s1. The molecule has 0 amide bonds. The summed E-state index contributed by atoms with van der Waals surface area (Å²) >= 11 is 0. The summed E-state index contributed by atoms with van der Waals surface area (Å²) < 4.78 is 4.88. The Bertz CT molecular complexity index is 1030. The molecule has 2 aromatic rings. The number of hydrogen-bond acceptors (Lipinski definition) is 5. The molecule has 0 spiro atoms.